The van der Waals surface area contributed by atoms with E-state index in [1.807, 2.05) is 6.20 Å². The first-order valence-corrected chi connectivity index (χ1v) is 6.80. The molecule has 0 spiro atoms. The molecule has 1 fully saturated rings. The molecule has 1 aliphatic heterocycles. The minimum atomic E-state index is 0.165. The van der Waals surface area contributed by atoms with Crippen molar-refractivity contribution in [3.05, 3.63) is 23.9 Å². The van der Waals surface area contributed by atoms with E-state index in [2.05, 4.69) is 50.1 Å². The molecule has 1 aliphatic rings. The van der Waals surface area contributed by atoms with Gasteiger partial charge in [-0.2, -0.15) is 0 Å². The van der Waals surface area contributed by atoms with Crippen LogP contribution in [0.15, 0.2) is 18.3 Å². The molecule has 0 radical (unpaired) electrons. The highest BCUT2D eigenvalue weighted by molar-refractivity contribution is 5.38. The molecule has 1 aromatic heterocycles. The van der Waals surface area contributed by atoms with Crippen LogP contribution in [-0.2, 0) is 10.2 Å². The predicted molar refractivity (Wildman–Crippen MR) is 75.0 cm³/mol. The summed E-state index contributed by atoms with van der Waals surface area (Å²) in [5, 5.41) is 3.50. The molecular formula is C15H24N2O. The fourth-order valence-corrected chi connectivity index (χ4v) is 2.26. The van der Waals surface area contributed by atoms with Gasteiger partial charge in [0.25, 0.3) is 0 Å². The van der Waals surface area contributed by atoms with Gasteiger partial charge in [-0.05, 0) is 36.8 Å². The molecule has 3 heteroatoms. The monoisotopic (exact) mass is 248 g/mol. The molecular weight excluding hydrogens is 224 g/mol. The van der Waals surface area contributed by atoms with Gasteiger partial charge >= 0.3 is 0 Å². The summed E-state index contributed by atoms with van der Waals surface area (Å²) in [4.78, 5) is 4.51. The van der Waals surface area contributed by atoms with Gasteiger partial charge in [-0.25, -0.2) is 4.98 Å². The molecule has 2 atom stereocenters. The Balaban J connectivity index is 1.98. The smallest absolute Gasteiger partial charge is 0.126 e. The number of aromatic nitrogens is 1. The highest BCUT2D eigenvalue weighted by Gasteiger charge is 2.19. The summed E-state index contributed by atoms with van der Waals surface area (Å²) >= 11 is 0. The fourth-order valence-electron chi connectivity index (χ4n) is 2.26. The zero-order valence-electron chi connectivity index (χ0n) is 11.9. The zero-order chi connectivity index (χ0) is 13.2. The molecule has 18 heavy (non-hydrogen) atoms. The first-order valence-electron chi connectivity index (χ1n) is 6.80. The Bertz CT molecular complexity index is 380. The molecule has 0 amide bonds. The SMILES string of the molecule is CC1CC(Nc2ccc(C(C)(C)C)cn2)CCO1. The van der Waals surface area contributed by atoms with E-state index in [4.69, 9.17) is 4.74 Å². The highest BCUT2D eigenvalue weighted by Crippen LogP contribution is 2.23. The second kappa shape index (κ2) is 5.27. The molecule has 2 heterocycles. The van der Waals surface area contributed by atoms with E-state index < -0.39 is 0 Å². The Morgan fingerprint density at radius 1 is 1.33 bits per heavy atom. The summed E-state index contributed by atoms with van der Waals surface area (Å²) in [6.07, 6.45) is 4.45. The van der Waals surface area contributed by atoms with Crippen LogP contribution in [0.5, 0.6) is 0 Å². The number of anilines is 1. The van der Waals surface area contributed by atoms with Crippen molar-refractivity contribution in [1.29, 1.82) is 0 Å². The predicted octanol–water partition coefficient (Wildman–Crippen LogP) is 3.36. The van der Waals surface area contributed by atoms with Gasteiger partial charge < -0.3 is 10.1 Å². The average Bonchev–Trinajstić information content (AvgIpc) is 2.28. The molecule has 0 aliphatic carbocycles. The van der Waals surface area contributed by atoms with E-state index in [0.29, 0.717) is 12.1 Å². The molecule has 1 saturated heterocycles. The molecule has 2 unspecified atom stereocenters. The van der Waals surface area contributed by atoms with Crippen molar-refractivity contribution in [3.63, 3.8) is 0 Å². The van der Waals surface area contributed by atoms with Crippen molar-refractivity contribution in [2.75, 3.05) is 11.9 Å². The molecule has 3 nitrogen and oxygen atoms in total. The van der Waals surface area contributed by atoms with Crippen LogP contribution in [0.3, 0.4) is 0 Å². The van der Waals surface area contributed by atoms with E-state index >= 15 is 0 Å². The lowest BCUT2D eigenvalue weighted by Crippen LogP contribution is -2.32. The largest absolute Gasteiger partial charge is 0.378 e. The Hall–Kier alpha value is -1.09. The Morgan fingerprint density at radius 2 is 2.11 bits per heavy atom. The van der Waals surface area contributed by atoms with Gasteiger partial charge in [0, 0.05) is 18.8 Å². The average molecular weight is 248 g/mol. The van der Waals surface area contributed by atoms with Crippen molar-refractivity contribution in [3.8, 4) is 0 Å². The van der Waals surface area contributed by atoms with Crippen LogP contribution in [0.2, 0.25) is 0 Å². The summed E-state index contributed by atoms with van der Waals surface area (Å²) < 4.78 is 5.55. The van der Waals surface area contributed by atoms with Gasteiger partial charge in [0.2, 0.25) is 0 Å². The number of hydrogen-bond donors (Lipinski definition) is 1. The van der Waals surface area contributed by atoms with Crippen molar-refractivity contribution >= 4 is 5.82 Å². The van der Waals surface area contributed by atoms with Crippen LogP contribution in [0.1, 0.15) is 46.1 Å². The summed E-state index contributed by atoms with van der Waals surface area (Å²) in [7, 11) is 0. The van der Waals surface area contributed by atoms with Crippen LogP contribution >= 0.6 is 0 Å². The van der Waals surface area contributed by atoms with Crippen LogP contribution in [0.4, 0.5) is 5.82 Å². The summed E-state index contributed by atoms with van der Waals surface area (Å²) in [6, 6.07) is 4.74. The lowest BCUT2D eigenvalue weighted by molar-refractivity contribution is 0.0232. The fraction of sp³-hybridized carbons (Fsp3) is 0.667. The van der Waals surface area contributed by atoms with Crippen molar-refractivity contribution in [2.45, 2.75) is 58.1 Å². The third-order valence-corrected chi connectivity index (χ3v) is 3.47. The second-order valence-electron chi connectivity index (χ2n) is 6.23. The van der Waals surface area contributed by atoms with Gasteiger partial charge in [-0.1, -0.05) is 26.8 Å². The molecule has 100 valence electrons. The quantitative estimate of drug-likeness (QED) is 0.871. The maximum absolute atomic E-state index is 5.55. The Kier molecular flexibility index (Phi) is 3.91. The molecule has 1 aromatic rings. The first-order chi connectivity index (χ1) is 8.45. The normalized spacial score (nSPS) is 24.9. The number of rotatable bonds is 2. The van der Waals surface area contributed by atoms with Crippen LogP contribution in [0.25, 0.3) is 0 Å². The van der Waals surface area contributed by atoms with E-state index in [-0.39, 0.29) is 5.41 Å². The highest BCUT2D eigenvalue weighted by atomic mass is 16.5. The lowest BCUT2D eigenvalue weighted by atomic mass is 9.88. The number of pyridine rings is 1. The van der Waals surface area contributed by atoms with E-state index in [9.17, 15) is 0 Å². The van der Waals surface area contributed by atoms with E-state index in [1.165, 1.54) is 5.56 Å². The summed E-state index contributed by atoms with van der Waals surface area (Å²) in [5.74, 6) is 0.974. The van der Waals surface area contributed by atoms with Crippen LogP contribution in [-0.4, -0.2) is 23.7 Å². The molecule has 2 rings (SSSR count). The van der Waals surface area contributed by atoms with Gasteiger partial charge in [-0.15, -0.1) is 0 Å². The summed E-state index contributed by atoms with van der Waals surface area (Å²) in [5.41, 5.74) is 1.44. The van der Waals surface area contributed by atoms with Crippen LogP contribution in [0, 0.1) is 0 Å². The Morgan fingerprint density at radius 3 is 2.67 bits per heavy atom. The Labute approximate surface area is 110 Å². The minimum absolute atomic E-state index is 0.165. The topological polar surface area (TPSA) is 34.2 Å². The maximum Gasteiger partial charge on any atom is 0.126 e. The van der Waals surface area contributed by atoms with Gasteiger partial charge in [0.05, 0.1) is 6.10 Å². The molecule has 0 bridgehead atoms. The van der Waals surface area contributed by atoms with Gasteiger partial charge in [0.15, 0.2) is 0 Å². The van der Waals surface area contributed by atoms with E-state index in [0.717, 1.165) is 25.3 Å². The third kappa shape index (κ3) is 3.45. The third-order valence-electron chi connectivity index (χ3n) is 3.47. The summed E-state index contributed by atoms with van der Waals surface area (Å²) in [6.45, 7) is 9.59. The number of nitrogens with zero attached hydrogens (tertiary/aromatic N) is 1. The van der Waals surface area contributed by atoms with Crippen molar-refractivity contribution in [2.24, 2.45) is 0 Å². The number of nitrogens with one attached hydrogen (secondary N) is 1. The van der Waals surface area contributed by atoms with Gasteiger partial charge in [0.1, 0.15) is 5.82 Å². The van der Waals surface area contributed by atoms with Crippen molar-refractivity contribution < 1.29 is 4.74 Å². The molecule has 0 saturated carbocycles. The van der Waals surface area contributed by atoms with Gasteiger partial charge in [-0.3, -0.25) is 0 Å². The molecule has 0 aromatic carbocycles. The standard InChI is InChI=1S/C15H24N2O/c1-11-9-13(7-8-18-11)17-14-6-5-12(10-16-14)15(2,3)4/h5-6,10-11,13H,7-9H2,1-4H3,(H,16,17). The maximum atomic E-state index is 5.55. The van der Waals surface area contributed by atoms with Crippen molar-refractivity contribution in [1.82, 2.24) is 4.98 Å². The van der Waals surface area contributed by atoms with E-state index in [1.54, 1.807) is 0 Å². The zero-order valence-corrected chi connectivity index (χ0v) is 11.9. The molecule has 1 N–H and O–H groups in total. The lowest BCUT2D eigenvalue weighted by Gasteiger charge is -2.28. The number of ether oxygens (including phenoxy) is 1. The minimum Gasteiger partial charge on any atom is -0.378 e. The number of hydrogen-bond acceptors (Lipinski definition) is 3. The second-order valence-corrected chi connectivity index (χ2v) is 6.23. The first kappa shape index (κ1) is 13.3. The van der Waals surface area contributed by atoms with Crippen LogP contribution < -0.4 is 5.32 Å².